The Hall–Kier alpha value is -3.94. The van der Waals surface area contributed by atoms with E-state index in [0.29, 0.717) is 22.7 Å². The Bertz CT molecular complexity index is 1170. The normalized spacial score (nSPS) is 11.1. The molecule has 0 atom stereocenters. The van der Waals surface area contributed by atoms with Gasteiger partial charge in [-0.05, 0) is 68.0 Å². The summed E-state index contributed by atoms with van der Waals surface area (Å²) in [5.41, 5.74) is 3.26. The number of aromatic nitrogens is 1. The van der Waals surface area contributed by atoms with Crippen molar-refractivity contribution in [1.29, 1.82) is 0 Å². The van der Waals surface area contributed by atoms with Crippen LogP contribution < -0.4 is 9.47 Å². The number of alkyl halides is 2. The average molecular weight is 455 g/mol. The van der Waals surface area contributed by atoms with Crippen molar-refractivity contribution in [2.75, 3.05) is 13.7 Å². The molecule has 0 saturated carbocycles. The first-order valence-corrected chi connectivity index (χ1v) is 10.0. The average Bonchev–Trinajstić information content (AvgIpc) is 3.10. The maximum Gasteiger partial charge on any atom is 0.387 e. The Balaban J connectivity index is 1.66. The van der Waals surface area contributed by atoms with Crippen LogP contribution in [0.2, 0.25) is 0 Å². The molecule has 1 aromatic heterocycles. The summed E-state index contributed by atoms with van der Waals surface area (Å²) in [6.45, 7) is 0.264. The second-order valence-electron chi connectivity index (χ2n) is 7.13. The van der Waals surface area contributed by atoms with Crippen LogP contribution >= 0.6 is 0 Å². The predicted molar refractivity (Wildman–Crippen MR) is 119 cm³/mol. The summed E-state index contributed by atoms with van der Waals surface area (Å²) in [6.07, 6.45) is 2.82. The molecule has 0 spiro atoms. The number of halogens is 2. The second-order valence-corrected chi connectivity index (χ2v) is 7.13. The van der Waals surface area contributed by atoms with Gasteiger partial charge in [0, 0.05) is 28.7 Å². The molecule has 8 heteroatoms. The summed E-state index contributed by atoms with van der Waals surface area (Å²) in [5, 5.41) is 0. The van der Waals surface area contributed by atoms with E-state index in [0.717, 1.165) is 11.3 Å². The lowest BCUT2D eigenvalue weighted by molar-refractivity contribution is -0.136. The minimum atomic E-state index is -2.90. The van der Waals surface area contributed by atoms with Crippen LogP contribution in [0.15, 0.2) is 60.7 Å². The highest BCUT2D eigenvalue weighted by Crippen LogP contribution is 2.24. The molecule has 172 valence electrons. The third-order valence-electron chi connectivity index (χ3n) is 4.90. The number of esters is 1. The SMILES string of the molecule is COc1cccc(/C=C/C(=O)OCC(=O)c2cc(C)n(-c3ccc(OC(F)F)cc3)c2C)c1. The van der Waals surface area contributed by atoms with E-state index >= 15 is 0 Å². The fraction of sp³-hybridized carbons (Fsp3) is 0.200. The fourth-order valence-electron chi connectivity index (χ4n) is 3.39. The van der Waals surface area contributed by atoms with Crippen LogP contribution in [0.25, 0.3) is 11.8 Å². The smallest absolute Gasteiger partial charge is 0.387 e. The minimum absolute atomic E-state index is 0.0430. The lowest BCUT2D eigenvalue weighted by Crippen LogP contribution is -2.13. The number of ether oxygens (including phenoxy) is 3. The van der Waals surface area contributed by atoms with E-state index in [1.807, 2.05) is 11.5 Å². The molecule has 0 N–H and O–H groups in total. The van der Waals surface area contributed by atoms with Gasteiger partial charge in [-0.1, -0.05) is 12.1 Å². The summed E-state index contributed by atoms with van der Waals surface area (Å²) >= 11 is 0. The van der Waals surface area contributed by atoms with Crippen LogP contribution in [0.1, 0.15) is 27.3 Å². The van der Waals surface area contributed by atoms with E-state index in [9.17, 15) is 18.4 Å². The van der Waals surface area contributed by atoms with E-state index in [4.69, 9.17) is 9.47 Å². The maximum absolute atomic E-state index is 12.7. The number of carbonyl (C=O) groups is 2. The fourth-order valence-corrected chi connectivity index (χ4v) is 3.39. The van der Waals surface area contributed by atoms with Gasteiger partial charge >= 0.3 is 12.6 Å². The van der Waals surface area contributed by atoms with Crippen LogP contribution in [-0.4, -0.2) is 36.6 Å². The van der Waals surface area contributed by atoms with Crippen LogP contribution in [0.4, 0.5) is 8.78 Å². The molecule has 0 aliphatic rings. The number of rotatable bonds is 9. The van der Waals surface area contributed by atoms with Gasteiger partial charge in [0.05, 0.1) is 7.11 Å². The van der Waals surface area contributed by atoms with Crippen molar-refractivity contribution in [3.05, 3.63) is 83.2 Å². The van der Waals surface area contributed by atoms with E-state index < -0.39 is 19.2 Å². The third kappa shape index (κ3) is 6.06. The first kappa shape index (κ1) is 23.7. The standard InChI is InChI=1S/C25H23F2NO5/c1-16-13-22(17(2)28(16)19-8-10-20(11-9-19)33-25(26)27)23(29)15-32-24(30)12-7-18-5-4-6-21(14-18)31-3/h4-14,25H,15H2,1-3H3/b12-7+. The molecule has 1 heterocycles. The first-order chi connectivity index (χ1) is 15.8. The van der Waals surface area contributed by atoms with Gasteiger partial charge in [0.1, 0.15) is 11.5 Å². The van der Waals surface area contributed by atoms with E-state index in [2.05, 4.69) is 4.74 Å². The number of Topliss-reactive ketones (excluding diaryl/α,β-unsaturated/α-hetero) is 1. The molecule has 0 radical (unpaired) electrons. The lowest BCUT2D eigenvalue weighted by atomic mass is 10.1. The van der Waals surface area contributed by atoms with Crippen molar-refractivity contribution >= 4 is 17.8 Å². The van der Waals surface area contributed by atoms with Gasteiger partial charge < -0.3 is 18.8 Å². The Kier molecular flexibility index (Phi) is 7.61. The molecule has 0 unspecified atom stereocenters. The number of hydrogen-bond acceptors (Lipinski definition) is 5. The second kappa shape index (κ2) is 10.6. The quantitative estimate of drug-likeness (QED) is 0.254. The number of methoxy groups -OCH3 is 1. The third-order valence-corrected chi connectivity index (χ3v) is 4.90. The van der Waals surface area contributed by atoms with Crippen LogP contribution in [0.3, 0.4) is 0 Å². The van der Waals surface area contributed by atoms with Gasteiger partial charge in [0.15, 0.2) is 6.61 Å². The van der Waals surface area contributed by atoms with Crippen molar-refractivity contribution in [1.82, 2.24) is 4.57 Å². The van der Waals surface area contributed by atoms with E-state index in [1.54, 1.807) is 62.6 Å². The molecule has 6 nitrogen and oxygen atoms in total. The zero-order valence-corrected chi connectivity index (χ0v) is 18.4. The minimum Gasteiger partial charge on any atom is -0.497 e. The monoisotopic (exact) mass is 455 g/mol. The predicted octanol–water partition coefficient (Wildman–Crippen LogP) is 5.14. The van der Waals surface area contributed by atoms with Crippen molar-refractivity contribution in [2.24, 2.45) is 0 Å². The highest BCUT2D eigenvalue weighted by atomic mass is 19.3. The number of carbonyl (C=O) groups excluding carboxylic acids is 2. The van der Waals surface area contributed by atoms with Crippen molar-refractivity contribution in [3.8, 4) is 17.2 Å². The van der Waals surface area contributed by atoms with Crippen molar-refractivity contribution in [2.45, 2.75) is 20.5 Å². The number of benzene rings is 2. The Morgan fingerprint density at radius 3 is 2.42 bits per heavy atom. The molecule has 3 rings (SSSR count). The van der Waals surface area contributed by atoms with Gasteiger partial charge in [0.2, 0.25) is 5.78 Å². The van der Waals surface area contributed by atoms with Gasteiger partial charge in [-0.2, -0.15) is 8.78 Å². The molecule has 0 aliphatic heterocycles. The van der Waals surface area contributed by atoms with Crippen LogP contribution in [-0.2, 0) is 9.53 Å². The molecule has 0 fully saturated rings. The summed E-state index contributed by atoms with van der Waals surface area (Å²) in [4.78, 5) is 24.7. The van der Waals surface area contributed by atoms with Crippen LogP contribution in [0.5, 0.6) is 11.5 Å². The molecular weight excluding hydrogens is 432 g/mol. The van der Waals surface area contributed by atoms with Crippen molar-refractivity contribution < 1.29 is 32.6 Å². The molecule has 33 heavy (non-hydrogen) atoms. The number of ketones is 1. The zero-order chi connectivity index (χ0) is 24.0. The number of nitrogens with zero attached hydrogens (tertiary/aromatic N) is 1. The maximum atomic E-state index is 12.7. The van der Waals surface area contributed by atoms with Crippen LogP contribution in [0, 0.1) is 13.8 Å². The topological polar surface area (TPSA) is 66.8 Å². The van der Waals surface area contributed by atoms with Crippen molar-refractivity contribution in [3.63, 3.8) is 0 Å². The molecule has 0 saturated heterocycles. The van der Waals surface area contributed by atoms with Gasteiger partial charge in [0.25, 0.3) is 0 Å². The summed E-state index contributed by atoms with van der Waals surface area (Å²) in [5.74, 6) is -0.293. The summed E-state index contributed by atoms with van der Waals surface area (Å²) < 4.78 is 41.1. The largest absolute Gasteiger partial charge is 0.497 e. The Morgan fingerprint density at radius 2 is 1.76 bits per heavy atom. The molecule has 0 bridgehead atoms. The highest BCUT2D eigenvalue weighted by molar-refractivity contribution is 6.00. The van der Waals surface area contributed by atoms with Gasteiger partial charge in [-0.15, -0.1) is 0 Å². The molecule has 0 aliphatic carbocycles. The molecule has 0 amide bonds. The summed E-state index contributed by atoms with van der Waals surface area (Å²) in [7, 11) is 1.55. The molecule has 2 aromatic carbocycles. The highest BCUT2D eigenvalue weighted by Gasteiger charge is 2.18. The van der Waals surface area contributed by atoms with Gasteiger partial charge in [-0.25, -0.2) is 4.79 Å². The van der Waals surface area contributed by atoms with E-state index in [1.165, 1.54) is 18.2 Å². The number of hydrogen-bond donors (Lipinski definition) is 0. The molecule has 3 aromatic rings. The first-order valence-electron chi connectivity index (χ1n) is 10.0. The lowest BCUT2D eigenvalue weighted by Gasteiger charge is -2.11. The zero-order valence-electron chi connectivity index (χ0n) is 18.4. The Labute approximate surface area is 190 Å². The Morgan fingerprint density at radius 1 is 1.03 bits per heavy atom. The number of aryl methyl sites for hydroxylation is 1. The van der Waals surface area contributed by atoms with E-state index in [-0.39, 0.29) is 11.5 Å². The van der Waals surface area contributed by atoms with Gasteiger partial charge in [-0.3, -0.25) is 4.79 Å². The summed E-state index contributed by atoms with van der Waals surface area (Å²) in [6, 6.07) is 14.9. The molecular formula is C25H23F2NO5.